The lowest BCUT2D eigenvalue weighted by Gasteiger charge is -2.35. The molecule has 1 heteroatoms. The van der Waals surface area contributed by atoms with Crippen LogP contribution >= 0.6 is 0 Å². The first-order chi connectivity index (χ1) is 16.4. The molecule has 0 saturated heterocycles. The van der Waals surface area contributed by atoms with E-state index in [0.717, 1.165) is 0 Å². The molecule has 0 saturated carbocycles. The van der Waals surface area contributed by atoms with E-state index in [1.807, 2.05) is 0 Å². The molecule has 0 spiro atoms. The molecule has 0 nitrogen and oxygen atoms in total. The Hall–Kier alpha value is -3.94. The summed E-state index contributed by atoms with van der Waals surface area (Å²) in [5.41, 5.74) is 0. The highest BCUT2D eigenvalue weighted by atomic mass is 28.3. The standard InChI is InChI=1S/C32H24Si/c1-4-16-28(17-5-1)33(29-18-6-2-7-19-29,30-20-8-3-9-21-30)32-22-12-15-27-23-25-13-10-11-14-26(25)24-31(27)32/h1-24H. The Labute approximate surface area is 195 Å². The fourth-order valence-corrected chi connectivity index (χ4v) is 10.3. The minimum absolute atomic E-state index is 1.29. The van der Waals surface area contributed by atoms with Gasteiger partial charge in [-0.3, -0.25) is 0 Å². The Bertz CT molecular complexity index is 1440. The van der Waals surface area contributed by atoms with Gasteiger partial charge in [0.2, 0.25) is 0 Å². The van der Waals surface area contributed by atoms with Gasteiger partial charge in [-0.1, -0.05) is 133 Å². The van der Waals surface area contributed by atoms with E-state index in [2.05, 4.69) is 146 Å². The van der Waals surface area contributed by atoms with Crippen LogP contribution < -0.4 is 20.7 Å². The van der Waals surface area contributed by atoms with Crippen LogP contribution in [-0.4, -0.2) is 8.07 Å². The summed E-state index contributed by atoms with van der Waals surface area (Å²) < 4.78 is 0. The third-order valence-electron chi connectivity index (χ3n) is 6.77. The van der Waals surface area contributed by atoms with Gasteiger partial charge in [0.25, 0.3) is 0 Å². The molecule has 156 valence electrons. The van der Waals surface area contributed by atoms with Gasteiger partial charge in [-0.15, -0.1) is 0 Å². The van der Waals surface area contributed by atoms with Crippen molar-refractivity contribution in [2.45, 2.75) is 0 Å². The molecule has 6 aromatic rings. The van der Waals surface area contributed by atoms with Crippen molar-refractivity contribution < 1.29 is 0 Å². The lowest BCUT2D eigenvalue weighted by Crippen LogP contribution is -2.74. The van der Waals surface area contributed by atoms with Gasteiger partial charge in [-0.05, 0) is 54.4 Å². The Morgan fingerprint density at radius 3 is 1.27 bits per heavy atom. The summed E-state index contributed by atoms with van der Waals surface area (Å²) in [7, 11) is -2.55. The van der Waals surface area contributed by atoms with Crippen LogP contribution in [0.3, 0.4) is 0 Å². The van der Waals surface area contributed by atoms with Crippen molar-refractivity contribution in [3.8, 4) is 0 Å². The Morgan fingerprint density at radius 2 is 0.758 bits per heavy atom. The summed E-state index contributed by atoms with van der Waals surface area (Å²) in [5, 5.41) is 10.9. The average Bonchev–Trinajstić information content (AvgIpc) is 2.90. The van der Waals surface area contributed by atoms with Gasteiger partial charge < -0.3 is 0 Å². The summed E-state index contributed by atoms with van der Waals surface area (Å²) in [5.74, 6) is 0. The second kappa shape index (κ2) is 8.20. The highest BCUT2D eigenvalue weighted by Gasteiger charge is 2.42. The SMILES string of the molecule is c1ccc([Si](c2ccccc2)(c2ccccc2)c2cccc3cc4ccccc4cc23)cc1. The quantitative estimate of drug-likeness (QED) is 0.198. The second-order valence-corrected chi connectivity index (χ2v) is 12.3. The van der Waals surface area contributed by atoms with E-state index < -0.39 is 8.07 Å². The van der Waals surface area contributed by atoms with Crippen LogP contribution in [0.25, 0.3) is 21.5 Å². The maximum Gasteiger partial charge on any atom is 0.180 e. The Morgan fingerprint density at radius 1 is 0.333 bits per heavy atom. The monoisotopic (exact) mass is 436 g/mol. The molecule has 0 aliphatic rings. The zero-order valence-corrected chi connectivity index (χ0v) is 19.4. The smallest absolute Gasteiger partial charge is 0.0623 e. The molecule has 0 aromatic heterocycles. The summed E-state index contributed by atoms with van der Waals surface area (Å²) in [6, 6.07) is 53.7. The van der Waals surface area contributed by atoms with Crippen molar-refractivity contribution in [3.63, 3.8) is 0 Å². The maximum absolute atomic E-state index is 2.55. The van der Waals surface area contributed by atoms with Gasteiger partial charge in [0.15, 0.2) is 8.07 Å². The number of rotatable bonds is 4. The molecule has 0 fully saturated rings. The minimum Gasteiger partial charge on any atom is -0.0623 e. The first-order valence-electron chi connectivity index (χ1n) is 11.5. The van der Waals surface area contributed by atoms with Crippen molar-refractivity contribution >= 4 is 50.4 Å². The highest BCUT2D eigenvalue weighted by Crippen LogP contribution is 2.24. The van der Waals surface area contributed by atoms with E-state index in [1.165, 1.54) is 42.3 Å². The summed E-state index contributed by atoms with van der Waals surface area (Å²) >= 11 is 0. The first kappa shape index (κ1) is 19.7. The van der Waals surface area contributed by atoms with Crippen LogP contribution in [0.1, 0.15) is 0 Å². The van der Waals surface area contributed by atoms with E-state index in [9.17, 15) is 0 Å². The molecule has 0 aliphatic carbocycles. The summed E-state index contributed by atoms with van der Waals surface area (Å²) in [6.45, 7) is 0. The molecule has 33 heavy (non-hydrogen) atoms. The van der Waals surface area contributed by atoms with Gasteiger partial charge in [0.1, 0.15) is 0 Å². The lowest BCUT2D eigenvalue weighted by atomic mass is 10.0. The van der Waals surface area contributed by atoms with Crippen LogP contribution in [0.5, 0.6) is 0 Å². The molecule has 0 radical (unpaired) electrons. The van der Waals surface area contributed by atoms with Crippen molar-refractivity contribution in [1.29, 1.82) is 0 Å². The first-order valence-corrected chi connectivity index (χ1v) is 13.5. The number of benzene rings is 6. The van der Waals surface area contributed by atoms with E-state index in [-0.39, 0.29) is 0 Å². The third kappa shape index (κ3) is 3.21. The molecule has 0 N–H and O–H groups in total. The second-order valence-electron chi connectivity index (χ2n) is 8.57. The van der Waals surface area contributed by atoms with Crippen LogP contribution in [0.2, 0.25) is 0 Å². The molecule has 6 rings (SSSR count). The fraction of sp³-hybridized carbons (Fsp3) is 0. The summed E-state index contributed by atoms with van der Waals surface area (Å²) in [4.78, 5) is 0. The molecule has 0 amide bonds. The molecule has 0 bridgehead atoms. The van der Waals surface area contributed by atoms with Gasteiger partial charge >= 0.3 is 0 Å². The van der Waals surface area contributed by atoms with Crippen molar-refractivity contribution in [3.05, 3.63) is 146 Å². The van der Waals surface area contributed by atoms with E-state index in [4.69, 9.17) is 0 Å². The number of hydrogen-bond donors (Lipinski definition) is 0. The topological polar surface area (TPSA) is 0 Å². The fourth-order valence-electron chi connectivity index (χ4n) is 5.32. The van der Waals surface area contributed by atoms with Crippen LogP contribution in [0.15, 0.2) is 146 Å². The number of hydrogen-bond acceptors (Lipinski definition) is 0. The van der Waals surface area contributed by atoms with Crippen molar-refractivity contribution in [2.24, 2.45) is 0 Å². The lowest BCUT2D eigenvalue weighted by molar-refractivity contribution is 1.68. The predicted octanol–water partition coefficient (Wildman–Crippen LogP) is 5.37. The molecule has 0 heterocycles. The Balaban J connectivity index is 1.81. The zero-order valence-electron chi connectivity index (χ0n) is 18.4. The van der Waals surface area contributed by atoms with Gasteiger partial charge in [-0.25, -0.2) is 0 Å². The van der Waals surface area contributed by atoms with E-state index in [0.29, 0.717) is 0 Å². The van der Waals surface area contributed by atoms with Crippen LogP contribution in [0.4, 0.5) is 0 Å². The van der Waals surface area contributed by atoms with E-state index in [1.54, 1.807) is 0 Å². The normalized spacial score (nSPS) is 11.6. The average molecular weight is 437 g/mol. The zero-order chi connectivity index (χ0) is 22.1. The van der Waals surface area contributed by atoms with Crippen molar-refractivity contribution in [2.75, 3.05) is 0 Å². The maximum atomic E-state index is 2.40. The molecular weight excluding hydrogens is 412 g/mol. The Kier molecular flexibility index (Phi) is 4.90. The molecule has 0 unspecified atom stereocenters. The minimum atomic E-state index is -2.55. The van der Waals surface area contributed by atoms with Gasteiger partial charge in [-0.2, -0.15) is 0 Å². The molecule has 6 aromatic carbocycles. The largest absolute Gasteiger partial charge is 0.180 e. The van der Waals surface area contributed by atoms with Crippen molar-refractivity contribution in [1.82, 2.24) is 0 Å². The highest BCUT2D eigenvalue weighted by molar-refractivity contribution is 7.20. The third-order valence-corrected chi connectivity index (χ3v) is 11.6. The van der Waals surface area contributed by atoms with E-state index >= 15 is 0 Å². The predicted molar refractivity (Wildman–Crippen MR) is 145 cm³/mol. The molecule has 0 atom stereocenters. The number of fused-ring (bicyclic) bond motifs is 2. The summed E-state index contributed by atoms with van der Waals surface area (Å²) in [6.07, 6.45) is 0. The van der Waals surface area contributed by atoms with Gasteiger partial charge in [0, 0.05) is 0 Å². The molecular formula is C32H24Si. The van der Waals surface area contributed by atoms with Crippen LogP contribution in [-0.2, 0) is 0 Å². The van der Waals surface area contributed by atoms with Crippen LogP contribution in [0, 0.1) is 0 Å². The molecule has 0 aliphatic heterocycles. The van der Waals surface area contributed by atoms with Gasteiger partial charge in [0.05, 0.1) is 0 Å².